The van der Waals surface area contributed by atoms with E-state index in [9.17, 15) is 14.7 Å². The van der Waals surface area contributed by atoms with E-state index in [1.807, 2.05) is 12.1 Å². The Kier molecular flexibility index (Phi) is 5.68. The third-order valence-corrected chi connectivity index (χ3v) is 6.08. The van der Waals surface area contributed by atoms with Gasteiger partial charge in [-0.1, -0.05) is 19.4 Å². The summed E-state index contributed by atoms with van der Waals surface area (Å²) in [4.78, 5) is 26.0. The van der Waals surface area contributed by atoms with Crippen molar-refractivity contribution in [3.63, 3.8) is 0 Å². The zero-order chi connectivity index (χ0) is 22.9. The van der Waals surface area contributed by atoms with Gasteiger partial charge in [-0.15, -0.1) is 0 Å². The molecule has 3 heterocycles. The average Bonchev–Trinajstić information content (AvgIpc) is 2.84. The number of amides is 1. The van der Waals surface area contributed by atoms with Crippen LogP contribution in [0, 0.1) is 0 Å². The van der Waals surface area contributed by atoms with Crippen LogP contribution in [-0.4, -0.2) is 43.9 Å². The molecular formula is C25H24NO7-. The zero-order valence-corrected chi connectivity index (χ0v) is 18.3. The number of carboxylic acid groups (broad SMARTS) is 1. The zero-order valence-electron chi connectivity index (χ0n) is 18.3. The quantitative estimate of drug-likeness (QED) is 0.602. The van der Waals surface area contributed by atoms with Crippen molar-refractivity contribution in [3.8, 4) is 22.6 Å². The third-order valence-electron chi connectivity index (χ3n) is 6.08. The van der Waals surface area contributed by atoms with E-state index < -0.39 is 12.2 Å². The van der Waals surface area contributed by atoms with Crippen LogP contribution >= 0.6 is 0 Å². The van der Waals surface area contributed by atoms with Gasteiger partial charge in [0.2, 0.25) is 5.43 Å². The maximum atomic E-state index is 13.4. The lowest BCUT2D eigenvalue weighted by Crippen LogP contribution is -2.48. The van der Waals surface area contributed by atoms with Gasteiger partial charge in [0, 0.05) is 13.1 Å². The van der Waals surface area contributed by atoms with Gasteiger partial charge in [0.15, 0.2) is 11.5 Å². The molecule has 1 unspecified atom stereocenters. The summed E-state index contributed by atoms with van der Waals surface area (Å²) in [6.45, 7) is 3.77. The molecule has 172 valence electrons. The summed E-state index contributed by atoms with van der Waals surface area (Å²) in [6.07, 6.45) is 1.39. The fraction of sp³-hybridized carbons (Fsp3) is 0.360. The number of nitrogens with zero attached hydrogens (tertiary/aromatic N) is 1. The first-order valence-corrected chi connectivity index (χ1v) is 11.1. The molecule has 2 aromatic carbocycles. The Morgan fingerprint density at radius 3 is 2.73 bits per heavy atom. The molecule has 33 heavy (non-hydrogen) atoms. The van der Waals surface area contributed by atoms with E-state index in [4.69, 9.17) is 18.6 Å². The molecule has 0 bridgehead atoms. The minimum absolute atomic E-state index is 0.141. The van der Waals surface area contributed by atoms with E-state index in [1.54, 1.807) is 18.2 Å². The summed E-state index contributed by atoms with van der Waals surface area (Å²) in [7, 11) is 0. The first kappa shape index (κ1) is 21.3. The monoisotopic (exact) mass is 450 g/mol. The summed E-state index contributed by atoms with van der Waals surface area (Å²) in [5, 5.41) is 11.8. The summed E-state index contributed by atoms with van der Waals surface area (Å²) >= 11 is 0. The third kappa shape index (κ3) is 4.02. The van der Waals surface area contributed by atoms with Crippen LogP contribution in [0.4, 0.5) is 4.79 Å². The predicted octanol–water partition coefficient (Wildman–Crippen LogP) is 2.90. The van der Waals surface area contributed by atoms with Gasteiger partial charge < -0.3 is 33.4 Å². The van der Waals surface area contributed by atoms with Crippen molar-refractivity contribution in [3.05, 3.63) is 57.9 Å². The molecule has 1 saturated heterocycles. The van der Waals surface area contributed by atoms with Gasteiger partial charge in [0.05, 0.1) is 17.6 Å². The standard InChI is InChI=1S/C25H25NO7/c1-2-3-15-10-18-21(12-17(15)23-13-26(25(28)29)6-7-30-23)33-14-19(24(18)27)16-4-5-20-22(11-16)32-9-8-31-20/h4-5,10-12,14,23H,2-3,6-9,13H2,1H3,(H,28,29)/p-1. The molecule has 8 heteroatoms. The number of morpholine rings is 1. The Morgan fingerprint density at radius 1 is 1.12 bits per heavy atom. The normalized spacial score (nSPS) is 17.8. The van der Waals surface area contributed by atoms with Gasteiger partial charge in [0.25, 0.3) is 0 Å². The van der Waals surface area contributed by atoms with Crippen molar-refractivity contribution in [2.75, 3.05) is 32.9 Å². The van der Waals surface area contributed by atoms with Crippen molar-refractivity contribution < 1.29 is 28.5 Å². The van der Waals surface area contributed by atoms with Crippen LogP contribution in [0.5, 0.6) is 11.5 Å². The Bertz CT molecular complexity index is 1270. The lowest BCUT2D eigenvalue weighted by Gasteiger charge is -2.35. The smallest absolute Gasteiger partial charge is 0.200 e. The van der Waals surface area contributed by atoms with E-state index in [0.717, 1.165) is 24.0 Å². The maximum Gasteiger partial charge on any atom is 0.200 e. The molecule has 1 aromatic heterocycles. The molecule has 2 aliphatic heterocycles. The average molecular weight is 450 g/mol. The number of ether oxygens (including phenoxy) is 3. The molecule has 1 amide bonds. The lowest BCUT2D eigenvalue weighted by atomic mass is 9.94. The Labute approximate surface area is 190 Å². The number of hydrogen-bond acceptors (Lipinski definition) is 7. The molecule has 0 radical (unpaired) electrons. The first-order valence-electron chi connectivity index (χ1n) is 11.1. The van der Waals surface area contributed by atoms with Gasteiger partial charge in [-0.3, -0.25) is 4.79 Å². The highest BCUT2D eigenvalue weighted by Crippen LogP contribution is 2.35. The van der Waals surface area contributed by atoms with Crippen LogP contribution in [0.1, 0.15) is 30.6 Å². The van der Waals surface area contributed by atoms with Gasteiger partial charge >= 0.3 is 0 Å². The lowest BCUT2D eigenvalue weighted by molar-refractivity contribution is -0.270. The highest BCUT2D eigenvalue weighted by Gasteiger charge is 2.25. The first-order chi connectivity index (χ1) is 16.0. The van der Waals surface area contributed by atoms with Crippen LogP contribution < -0.4 is 20.0 Å². The minimum Gasteiger partial charge on any atom is -0.530 e. The molecule has 5 rings (SSSR count). The molecule has 0 N–H and O–H groups in total. The summed E-state index contributed by atoms with van der Waals surface area (Å²) in [5.41, 5.74) is 3.21. The van der Waals surface area contributed by atoms with Crippen LogP contribution in [0.3, 0.4) is 0 Å². The number of hydrogen-bond donors (Lipinski definition) is 0. The molecule has 0 saturated carbocycles. The number of rotatable bonds is 4. The number of fused-ring (bicyclic) bond motifs is 2. The minimum atomic E-state index is -1.21. The highest BCUT2D eigenvalue weighted by atomic mass is 16.6. The predicted molar refractivity (Wildman–Crippen MR) is 119 cm³/mol. The fourth-order valence-corrected chi connectivity index (χ4v) is 4.44. The number of benzene rings is 2. The molecule has 0 spiro atoms. The van der Waals surface area contributed by atoms with E-state index in [1.165, 1.54) is 11.2 Å². The van der Waals surface area contributed by atoms with Crippen LogP contribution in [0.2, 0.25) is 0 Å². The van der Waals surface area contributed by atoms with Gasteiger partial charge in [-0.2, -0.15) is 0 Å². The Balaban J connectivity index is 1.57. The molecule has 2 aliphatic rings. The molecular weight excluding hydrogens is 426 g/mol. The van der Waals surface area contributed by atoms with E-state index in [0.29, 0.717) is 46.8 Å². The van der Waals surface area contributed by atoms with Crippen molar-refractivity contribution in [2.45, 2.75) is 25.9 Å². The molecule has 1 atom stereocenters. The van der Waals surface area contributed by atoms with Gasteiger partial charge in [0.1, 0.15) is 37.3 Å². The second-order valence-corrected chi connectivity index (χ2v) is 8.21. The largest absolute Gasteiger partial charge is 0.530 e. The van der Waals surface area contributed by atoms with E-state index in [2.05, 4.69) is 6.92 Å². The van der Waals surface area contributed by atoms with Crippen LogP contribution in [0.25, 0.3) is 22.1 Å². The summed E-state index contributed by atoms with van der Waals surface area (Å²) in [5.74, 6) is 1.26. The molecule has 3 aromatic rings. The highest BCUT2D eigenvalue weighted by molar-refractivity contribution is 5.83. The van der Waals surface area contributed by atoms with E-state index in [-0.39, 0.29) is 25.1 Å². The Morgan fingerprint density at radius 2 is 1.94 bits per heavy atom. The van der Waals surface area contributed by atoms with Gasteiger partial charge in [-0.25, -0.2) is 0 Å². The SMILES string of the molecule is CCCc1cc2c(=O)c(-c3ccc4c(c3)OCCO4)coc2cc1C1CN(C(=O)[O-])CCO1. The van der Waals surface area contributed by atoms with Crippen molar-refractivity contribution in [1.29, 1.82) is 0 Å². The van der Waals surface area contributed by atoms with Crippen molar-refractivity contribution >= 4 is 17.1 Å². The maximum absolute atomic E-state index is 13.4. The fourth-order valence-electron chi connectivity index (χ4n) is 4.44. The Hall–Kier alpha value is -3.52. The second-order valence-electron chi connectivity index (χ2n) is 8.21. The van der Waals surface area contributed by atoms with Crippen LogP contribution in [-0.2, 0) is 11.2 Å². The van der Waals surface area contributed by atoms with E-state index >= 15 is 0 Å². The molecule has 8 nitrogen and oxygen atoms in total. The van der Waals surface area contributed by atoms with Crippen molar-refractivity contribution in [2.24, 2.45) is 0 Å². The van der Waals surface area contributed by atoms with Crippen molar-refractivity contribution in [1.82, 2.24) is 4.90 Å². The number of carbonyl (C=O) groups is 1. The van der Waals surface area contributed by atoms with Crippen LogP contribution in [0.15, 0.2) is 45.8 Å². The van der Waals surface area contributed by atoms with Gasteiger partial charge in [-0.05, 0) is 47.4 Å². The molecule has 1 fully saturated rings. The molecule has 0 aliphatic carbocycles. The number of aryl methyl sites for hydroxylation is 1. The summed E-state index contributed by atoms with van der Waals surface area (Å²) < 4.78 is 23.0. The number of carbonyl (C=O) groups excluding carboxylic acids is 1. The second kappa shape index (κ2) is 8.78. The topological polar surface area (TPSA) is 101 Å². The summed E-state index contributed by atoms with van der Waals surface area (Å²) in [6, 6.07) is 9.06.